The van der Waals surface area contributed by atoms with Crippen LogP contribution in [0.2, 0.25) is 0 Å². The van der Waals surface area contributed by atoms with Crippen LogP contribution in [0.5, 0.6) is 0 Å². The number of hydrogen-bond donors (Lipinski definition) is 3. The van der Waals surface area contributed by atoms with Crippen LogP contribution >= 0.6 is 0 Å². The monoisotopic (exact) mass is 536 g/mol. The molecule has 0 aliphatic heterocycles. The summed E-state index contributed by atoms with van der Waals surface area (Å²) in [5, 5.41) is 13.0. The van der Waals surface area contributed by atoms with E-state index in [0.29, 0.717) is 11.1 Å². The molecular weight excluding hydrogens is 511 g/mol. The van der Waals surface area contributed by atoms with Gasteiger partial charge in [-0.05, 0) is 34.9 Å². The lowest BCUT2D eigenvalue weighted by Crippen LogP contribution is -2.56. The van der Waals surface area contributed by atoms with E-state index in [1.807, 2.05) is 0 Å². The first-order valence-electron chi connectivity index (χ1n) is 11.5. The highest BCUT2D eigenvalue weighted by molar-refractivity contribution is 5.90. The Morgan fingerprint density at radius 1 is 0.947 bits per heavy atom. The van der Waals surface area contributed by atoms with E-state index in [-0.39, 0.29) is 29.2 Å². The summed E-state index contributed by atoms with van der Waals surface area (Å²) in [7, 11) is 0. The van der Waals surface area contributed by atoms with Gasteiger partial charge in [-0.1, -0.05) is 42.5 Å². The summed E-state index contributed by atoms with van der Waals surface area (Å²) in [6.07, 6.45) is -6.17. The van der Waals surface area contributed by atoms with Crippen molar-refractivity contribution in [3.63, 3.8) is 0 Å². The third-order valence-corrected chi connectivity index (χ3v) is 5.63. The van der Waals surface area contributed by atoms with Crippen molar-refractivity contribution in [1.29, 1.82) is 0 Å². The van der Waals surface area contributed by atoms with Gasteiger partial charge >= 0.3 is 12.1 Å². The molecule has 4 N–H and O–H groups in total. The lowest BCUT2D eigenvalue weighted by molar-refractivity contribution is -0.189. The Morgan fingerprint density at radius 2 is 1.63 bits per heavy atom. The van der Waals surface area contributed by atoms with Crippen molar-refractivity contribution in [3.05, 3.63) is 95.2 Å². The second-order valence-corrected chi connectivity index (χ2v) is 8.58. The molecule has 0 saturated heterocycles. The van der Waals surface area contributed by atoms with E-state index in [4.69, 9.17) is 5.73 Å². The van der Waals surface area contributed by atoms with Crippen LogP contribution in [0.15, 0.2) is 66.9 Å². The smallest absolute Gasteiger partial charge is 0.391 e. The molecule has 0 aliphatic carbocycles. The van der Waals surface area contributed by atoms with Crippen LogP contribution in [0.3, 0.4) is 0 Å². The number of anilines is 1. The van der Waals surface area contributed by atoms with E-state index in [1.54, 1.807) is 30.3 Å². The van der Waals surface area contributed by atoms with Gasteiger partial charge in [0.15, 0.2) is 11.6 Å². The van der Waals surface area contributed by atoms with E-state index in [1.165, 1.54) is 18.3 Å². The summed E-state index contributed by atoms with van der Waals surface area (Å²) in [6, 6.07) is 12.1. The van der Waals surface area contributed by atoms with Gasteiger partial charge in [0, 0.05) is 32.1 Å². The summed E-state index contributed by atoms with van der Waals surface area (Å²) in [6.45, 7) is -1.01. The Labute approximate surface area is 215 Å². The number of pyridine rings is 1. The quantitative estimate of drug-likeness (QED) is 0.345. The lowest BCUT2D eigenvalue weighted by atomic mass is 10.0. The second kappa shape index (κ2) is 12.5. The number of hydrogen-bond acceptors (Lipinski definition) is 5. The first kappa shape index (κ1) is 28.5. The number of aliphatic hydroxyl groups is 1. The van der Waals surface area contributed by atoms with Crippen molar-refractivity contribution in [1.82, 2.24) is 15.2 Å². The van der Waals surface area contributed by atoms with E-state index < -0.39 is 54.7 Å². The van der Waals surface area contributed by atoms with Gasteiger partial charge in [-0.2, -0.15) is 13.2 Å². The molecule has 3 aromatic rings. The van der Waals surface area contributed by atoms with Gasteiger partial charge in [0.05, 0.1) is 6.10 Å². The molecule has 3 rings (SSSR count). The van der Waals surface area contributed by atoms with Crippen molar-refractivity contribution in [2.75, 3.05) is 12.3 Å². The molecule has 2 atom stereocenters. The Kier molecular flexibility index (Phi) is 9.35. The fourth-order valence-electron chi connectivity index (χ4n) is 3.77. The number of benzene rings is 2. The lowest BCUT2D eigenvalue weighted by Gasteiger charge is -2.33. The third-order valence-electron chi connectivity index (χ3n) is 5.63. The van der Waals surface area contributed by atoms with Crippen molar-refractivity contribution >= 4 is 17.6 Å². The molecule has 0 bridgehead atoms. The topological polar surface area (TPSA) is 109 Å². The molecule has 0 spiro atoms. The normalized spacial score (nSPS) is 13.0. The third kappa shape index (κ3) is 7.97. The molecule has 0 radical (unpaired) electrons. The minimum Gasteiger partial charge on any atom is -0.391 e. The number of rotatable bonds is 10. The number of nitrogens with two attached hydrogens (primary N) is 1. The fourth-order valence-corrected chi connectivity index (χ4v) is 3.77. The molecule has 0 saturated carbocycles. The molecule has 12 heteroatoms. The summed E-state index contributed by atoms with van der Waals surface area (Å²) in [5.74, 6) is -5.61. The molecule has 2 amide bonds. The number of aliphatic hydroxyl groups excluding tert-OH is 1. The SMILES string of the molecule is Nc1ccc(CNC(=O)[C@H](Cc2ccc(F)c(F)c2)N(C[C@H](O)Cc2ccccc2)C(=O)C(F)(F)F)cn1. The molecule has 0 fully saturated rings. The predicted octanol–water partition coefficient (Wildman–Crippen LogP) is 3.16. The van der Waals surface area contributed by atoms with Crippen molar-refractivity contribution < 1.29 is 36.6 Å². The number of nitrogens with one attached hydrogen (secondary N) is 1. The van der Waals surface area contributed by atoms with E-state index in [2.05, 4.69) is 10.3 Å². The maximum absolute atomic E-state index is 13.8. The molecule has 7 nitrogen and oxygen atoms in total. The zero-order chi connectivity index (χ0) is 27.9. The standard InChI is InChI=1S/C26H25F5N4O3/c27-20-8-6-17(11-21(20)28)12-22(24(37)34-14-18-7-9-23(32)33-13-18)35(25(38)26(29,30)31)15-19(36)10-16-4-2-1-3-5-16/h1-9,11,13,19,22,36H,10,12,14-15H2,(H2,32,33)(H,34,37)/t19-,22+/m1/s1. The van der Waals surface area contributed by atoms with Crippen LogP contribution in [0.4, 0.5) is 27.8 Å². The largest absolute Gasteiger partial charge is 0.471 e. The van der Waals surface area contributed by atoms with Gasteiger partial charge in [0.2, 0.25) is 5.91 Å². The Morgan fingerprint density at radius 3 is 2.24 bits per heavy atom. The highest BCUT2D eigenvalue weighted by Gasteiger charge is 2.46. The van der Waals surface area contributed by atoms with Gasteiger partial charge in [-0.3, -0.25) is 9.59 Å². The first-order valence-corrected chi connectivity index (χ1v) is 11.5. The Hall–Kier alpha value is -4.06. The molecule has 0 unspecified atom stereocenters. The van der Waals surface area contributed by atoms with Gasteiger partial charge in [-0.15, -0.1) is 0 Å². The van der Waals surface area contributed by atoms with E-state index >= 15 is 0 Å². The second-order valence-electron chi connectivity index (χ2n) is 8.58. The van der Waals surface area contributed by atoms with Crippen LogP contribution in [0.1, 0.15) is 16.7 Å². The van der Waals surface area contributed by atoms with E-state index in [0.717, 1.165) is 18.2 Å². The number of nitrogen functional groups attached to an aromatic ring is 1. The first-order chi connectivity index (χ1) is 17.9. The van der Waals surface area contributed by atoms with Gasteiger partial charge in [0.1, 0.15) is 11.9 Å². The number of alkyl halides is 3. The maximum Gasteiger partial charge on any atom is 0.471 e. The average molecular weight is 537 g/mol. The molecule has 0 aliphatic rings. The Bertz CT molecular complexity index is 1240. The van der Waals surface area contributed by atoms with Crippen molar-refractivity contribution in [2.24, 2.45) is 0 Å². The zero-order valence-electron chi connectivity index (χ0n) is 20.0. The fraction of sp³-hybridized carbons (Fsp3) is 0.269. The summed E-state index contributed by atoms with van der Waals surface area (Å²) in [4.78, 5) is 29.7. The Balaban J connectivity index is 1.92. The number of carbonyl (C=O) groups excluding carboxylic acids is 2. The molecule has 2 aromatic carbocycles. The van der Waals surface area contributed by atoms with Crippen molar-refractivity contribution in [2.45, 2.75) is 37.7 Å². The van der Waals surface area contributed by atoms with Crippen LogP contribution in [0, 0.1) is 11.6 Å². The number of amides is 2. The van der Waals surface area contributed by atoms with E-state index in [9.17, 15) is 36.6 Å². The number of halogens is 5. The average Bonchev–Trinajstić information content (AvgIpc) is 2.87. The highest BCUT2D eigenvalue weighted by atomic mass is 19.4. The molecule has 202 valence electrons. The van der Waals surface area contributed by atoms with Crippen LogP contribution in [0.25, 0.3) is 0 Å². The minimum absolute atomic E-state index is 0.0317. The van der Waals surface area contributed by atoms with Crippen molar-refractivity contribution in [3.8, 4) is 0 Å². The number of aromatic nitrogens is 1. The molecule has 1 heterocycles. The zero-order valence-corrected chi connectivity index (χ0v) is 20.0. The van der Waals surface area contributed by atoms with Gasteiger partial charge in [0.25, 0.3) is 0 Å². The van der Waals surface area contributed by atoms with Crippen LogP contribution in [-0.2, 0) is 29.0 Å². The minimum atomic E-state index is -5.38. The number of nitrogens with zero attached hydrogens (tertiary/aromatic N) is 2. The molecule has 38 heavy (non-hydrogen) atoms. The number of carbonyl (C=O) groups is 2. The molecular formula is C26H25F5N4O3. The van der Waals surface area contributed by atoms with Gasteiger partial charge < -0.3 is 21.1 Å². The van der Waals surface area contributed by atoms with Crippen LogP contribution < -0.4 is 11.1 Å². The summed E-state index contributed by atoms with van der Waals surface area (Å²) >= 11 is 0. The highest BCUT2D eigenvalue weighted by Crippen LogP contribution is 2.23. The summed E-state index contributed by atoms with van der Waals surface area (Å²) in [5.41, 5.74) is 6.56. The van der Waals surface area contributed by atoms with Crippen LogP contribution in [-0.4, -0.2) is 51.7 Å². The predicted molar refractivity (Wildman–Crippen MR) is 128 cm³/mol. The summed E-state index contributed by atoms with van der Waals surface area (Å²) < 4.78 is 68.1. The molecule has 1 aromatic heterocycles. The maximum atomic E-state index is 13.8. The van der Waals surface area contributed by atoms with Gasteiger partial charge in [-0.25, -0.2) is 13.8 Å².